The zero-order valence-electron chi connectivity index (χ0n) is 18.8. The largest absolute Gasteiger partial charge is 0.384 e. The number of aromatic nitrogens is 3. The van der Waals surface area contributed by atoms with Gasteiger partial charge in [-0.2, -0.15) is 0 Å². The first-order valence-electron chi connectivity index (χ1n) is 11.2. The second-order valence-electron chi connectivity index (χ2n) is 8.22. The van der Waals surface area contributed by atoms with E-state index < -0.39 is 0 Å². The number of carbonyl (C=O) groups is 1. The molecule has 1 aliphatic rings. The number of nitrogen functional groups attached to an aromatic ring is 1. The van der Waals surface area contributed by atoms with Gasteiger partial charge in [-0.3, -0.25) is 9.69 Å². The molecule has 4 rings (SSSR count). The number of anilines is 1. The molecule has 7 nitrogen and oxygen atoms in total. The Morgan fingerprint density at radius 1 is 0.969 bits per heavy atom. The number of nitrogens with zero attached hydrogens (tertiary/aromatic N) is 5. The van der Waals surface area contributed by atoms with Crippen molar-refractivity contribution in [2.24, 2.45) is 0 Å². The van der Waals surface area contributed by atoms with Crippen molar-refractivity contribution in [3.05, 3.63) is 60.2 Å². The second-order valence-corrected chi connectivity index (χ2v) is 8.22. The molecule has 0 saturated carbocycles. The Labute approximate surface area is 189 Å². The lowest BCUT2D eigenvalue weighted by molar-refractivity contribution is 0.0636. The average molecular weight is 431 g/mol. The number of carbonyl (C=O) groups excluding carboxylic acids is 1. The molecule has 0 radical (unpaired) electrons. The number of nitrogens with two attached hydrogens (primary N) is 1. The van der Waals surface area contributed by atoms with Crippen LogP contribution in [-0.4, -0.2) is 63.4 Å². The lowest BCUT2D eigenvalue weighted by atomic mass is 9.98. The Kier molecular flexibility index (Phi) is 6.75. The predicted octanol–water partition coefficient (Wildman–Crippen LogP) is 3.65. The first-order valence-corrected chi connectivity index (χ1v) is 11.2. The van der Waals surface area contributed by atoms with Crippen molar-refractivity contribution in [3.8, 4) is 22.4 Å². The number of pyridine rings is 1. The minimum atomic E-state index is 0.0912. The summed E-state index contributed by atoms with van der Waals surface area (Å²) in [4.78, 5) is 30.5. The normalized spacial score (nSPS) is 14.5. The zero-order chi connectivity index (χ0) is 22.5. The van der Waals surface area contributed by atoms with Crippen LogP contribution in [0.3, 0.4) is 0 Å². The van der Waals surface area contributed by atoms with Gasteiger partial charge in [-0.15, -0.1) is 0 Å². The van der Waals surface area contributed by atoms with E-state index in [4.69, 9.17) is 5.73 Å². The number of rotatable bonds is 6. The molecule has 1 aliphatic heterocycles. The first kappa shape index (κ1) is 21.9. The van der Waals surface area contributed by atoms with Gasteiger partial charge in [-0.1, -0.05) is 25.5 Å². The molecule has 7 heteroatoms. The van der Waals surface area contributed by atoms with Crippen molar-refractivity contribution in [1.29, 1.82) is 0 Å². The number of hydrogen-bond acceptors (Lipinski definition) is 6. The van der Waals surface area contributed by atoms with E-state index >= 15 is 0 Å². The van der Waals surface area contributed by atoms with Gasteiger partial charge in [0.1, 0.15) is 12.1 Å². The predicted molar refractivity (Wildman–Crippen MR) is 127 cm³/mol. The van der Waals surface area contributed by atoms with E-state index in [9.17, 15) is 4.79 Å². The smallest absolute Gasteiger partial charge is 0.253 e. The molecule has 32 heavy (non-hydrogen) atoms. The fourth-order valence-electron chi connectivity index (χ4n) is 4.10. The second kappa shape index (κ2) is 9.87. The maximum absolute atomic E-state index is 13.0. The SMILES string of the molecule is CCCCN1CCN(C(=O)c2ccc(-c3ncnc(C)c3-c3ccc(N)nc3)cc2)CC1. The molecule has 0 atom stereocenters. The summed E-state index contributed by atoms with van der Waals surface area (Å²) in [5, 5.41) is 0. The third-order valence-electron chi connectivity index (χ3n) is 6.00. The van der Waals surface area contributed by atoms with Gasteiger partial charge < -0.3 is 10.6 Å². The van der Waals surface area contributed by atoms with Gasteiger partial charge in [0.05, 0.1) is 5.69 Å². The van der Waals surface area contributed by atoms with Crippen molar-refractivity contribution in [1.82, 2.24) is 24.8 Å². The molecule has 0 aliphatic carbocycles. The number of unbranched alkanes of at least 4 members (excludes halogenated alkanes) is 1. The molecule has 166 valence electrons. The van der Waals surface area contributed by atoms with Gasteiger partial charge in [0.2, 0.25) is 0 Å². The van der Waals surface area contributed by atoms with E-state index in [2.05, 4.69) is 26.8 Å². The third-order valence-corrected chi connectivity index (χ3v) is 6.00. The van der Waals surface area contributed by atoms with Gasteiger partial charge in [0.25, 0.3) is 5.91 Å². The van der Waals surface area contributed by atoms with Gasteiger partial charge in [0.15, 0.2) is 0 Å². The monoisotopic (exact) mass is 430 g/mol. The average Bonchev–Trinajstić information content (AvgIpc) is 2.83. The van der Waals surface area contributed by atoms with Crippen LogP contribution >= 0.6 is 0 Å². The molecule has 1 aromatic carbocycles. The van der Waals surface area contributed by atoms with E-state index in [0.717, 1.165) is 60.8 Å². The summed E-state index contributed by atoms with van der Waals surface area (Å²) in [5.74, 6) is 0.562. The van der Waals surface area contributed by atoms with Gasteiger partial charge in [-0.25, -0.2) is 15.0 Å². The molecule has 1 amide bonds. The Morgan fingerprint density at radius 3 is 2.34 bits per heavy atom. The van der Waals surface area contributed by atoms with Crippen LogP contribution in [0.4, 0.5) is 5.82 Å². The fourth-order valence-corrected chi connectivity index (χ4v) is 4.10. The standard InChI is InChI=1S/C25H30N6O/c1-3-4-11-30-12-14-31(15-13-30)25(32)20-7-5-19(6-8-20)24-23(18(2)28-17-29-24)21-9-10-22(26)27-16-21/h5-10,16-17H,3-4,11-15H2,1-2H3,(H2,26,27). The number of hydrogen-bond donors (Lipinski definition) is 1. The van der Waals surface area contributed by atoms with E-state index in [-0.39, 0.29) is 5.91 Å². The van der Waals surface area contributed by atoms with Crippen LogP contribution in [0.5, 0.6) is 0 Å². The summed E-state index contributed by atoms with van der Waals surface area (Å²) < 4.78 is 0. The van der Waals surface area contributed by atoms with Crippen molar-refractivity contribution < 1.29 is 4.79 Å². The van der Waals surface area contributed by atoms with Crippen molar-refractivity contribution in [2.45, 2.75) is 26.7 Å². The topological polar surface area (TPSA) is 88.2 Å². The van der Waals surface area contributed by atoms with Gasteiger partial charge in [-0.05, 0) is 44.2 Å². The molecule has 1 saturated heterocycles. The highest BCUT2D eigenvalue weighted by molar-refractivity contribution is 5.95. The Hall–Kier alpha value is -3.32. The number of benzene rings is 1. The summed E-state index contributed by atoms with van der Waals surface area (Å²) in [6.45, 7) is 8.74. The Bertz CT molecular complexity index is 1060. The van der Waals surface area contributed by atoms with E-state index in [0.29, 0.717) is 11.4 Å². The highest BCUT2D eigenvalue weighted by atomic mass is 16.2. The third kappa shape index (κ3) is 4.78. The molecular weight excluding hydrogens is 400 g/mol. The van der Waals surface area contributed by atoms with Crippen molar-refractivity contribution >= 4 is 11.7 Å². The molecular formula is C25H30N6O. The Balaban J connectivity index is 1.52. The molecule has 0 unspecified atom stereocenters. The van der Waals surface area contributed by atoms with Crippen LogP contribution in [0.1, 0.15) is 35.8 Å². The molecule has 3 aromatic rings. The summed E-state index contributed by atoms with van der Waals surface area (Å²) in [6, 6.07) is 11.4. The maximum atomic E-state index is 13.0. The van der Waals surface area contributed by atoms with E-state index in [1.165, 1.54) is 12.8 Å². The van der Waals surface area contributed by atoms with Gasteiger partial charge >= 0.3 is 0 Å². The molecule has 3 heterocycles. The van der Waals surface area contributed by atoms with E-state index in [1.54, 1.807) is 18.6 Å². The minimum Gasteiger partial charge on any atom is -0.384 e. The van der Waals surface area contributed by atoms with Crippen LogP contribution in [0.15, 0.2) is 48.9 Å². The minimum absolute atomic E-state index is 0.0912. The van der Waals surface area contributed by atoms with Crippen LogP contribution in [-0.2, 0) is 0 Å². The highest BCUT2D eigenvalue weighted by Crippen LogP contribution is 2.32. The fraction of sp³-hybridized carbons (Fsp3) is 0.360. The summed E-state index contributed by atoms with van der Waals surface area (Å²) in [6.07, 6.45) is 5.72. The van der Waals surface area contributed by atoms with Crippen LogP contribution in [0, 0.1) is 6.92 Å². The summed E-state index contributed by atoms with van der Waals surface area (Å²) in [5.41, 5.74) is 10.9. The highest BCUT2D eigenvalue weighted by Gasteiger charge is 2.22. The summed E-state index contributed by atoms with van der Waals surface area (Å²) in [7, 11) is 0. The number of piperazine rings is 1. The zero-order valence-corrected chi connectivity index (χ0v) is 18.8. The molecule has 2 aromatic heterocycles. The lowest BCUT2D eigenvalue weighted by Gasteiger charge is -2.34. The molecule has 0 spiro atoms. The number of aryl methyl sites for hydroxylation is 1. The Morgan fingerprint density at radius 2 is 1.69 bits per heavy atom. The van der Waals surface area contributed by atoms with Crippen LogP contribution in [0.2, 0.25) is 0 Å². The molecule has 2 N–H and O–H groups in total. The summed E-state index contributed by atoms with van der Waals surface area (Å²) >= 11 is 0. The van der Waals surface area contributed by atoms with Crippen LogP contribution in [0.25, 0.3) is 22.4 Å². The molecule has 0 bridgehead atoms. The lowest BCUT2D eigenvalue weighted by Crippen LogP contribution is -2.48. The quantitative estimate of drug-likeness (QED) is 0.642. The van der Waals surface area contributed by atoms with Crippen molar-refractivity contribution in [3.63, 3.8) is 0 Å². The number of amides is 1. The first-order chi connectivity index (χ1) is 15.6. The van der Waals surface area contributed by atoms with Gasteiger partial charge in [0, 0.05) is 60.3 Å². The molecule has 1 fully saturated rings. The maximum Gasteiger partial charge on any atom is 0.253 e. The van der Waals surface area contributed by atoms with E-state index in [1.807, 2.05) is 42.2 Å². The van der Waals surface area contributed by atoms with Crippen molar-refractivity contribution in [2.75, 3.05) is 38.5 Å². The van der Waals surface area contributed by atoms with Crippen LogP contribution < -0.4 is 5.73 Å².